The molecule has 1 aliphatic rings. The molecule has 1 aromatic heterocycles. The molecule has 0 saturated heterocycles. The Morgan fingerprint density at radius 3 is 3.04 bits per heavy atom. The molecule has 0 radical (unpaired) electrons. The van der Waals surface area contributed by atoms with Gasteiger partial charge in [0.05, 0.1) is 12.2 Å². The molecule has 1 atom stereocenters. The molecule has 2 N–H and O–H groups in total. The molecule has 3 rings (SSSR count). The molecule has 120 valence electrons. The van der Waals surface area contributed by atoms with Crippen LogP contribution in [0, 0.1) is 5.82 Å². The van der Waals surface area contributed by atoms with E-state index in [1.807, 2.05) is 0 Å². The third-order valence-corrected chi connectivity index (χ3v) is 4.58. The number of halogens is 1. The standard InChI is InChI=1S/C14H13FN4O3S/c15-9-3-1-2-8-10(4-5-23-13(8)9)16-12(20)7-19-6-11(14(21)22)17-18-19/h1-3,6,10H,4-5,7H2,(H,16,20)(H,21,22). The van der Waals surface area contributed by atoms with Gasteiger partial charge in [0.1, 0.15) is 12.4 Å². The molecule has 2 heterocycles. The Bertz CT molecular complexity index is 764. The van der Waals surface area contributed by atoms with Gasteiger partial charge in [-0.2, -0.15) is 0 Å². The topological polar surface area (TPSA) is 97.1 Å². The quantitative estimate of drug-likeness (QED) is 0.877. The lowest BCUT2D eigenvalue weighted by molar-refractivity contribution is -0.122. The highest BCUT2D eigenvalue weighted by atomic mass is 32.2. The number of carboxylic acids is 1. The third-order valence-electron chi connectivity index (χ3n) is 3.42. The zero-order valence-corrected chi connectivity index (χ0v) is 12.7. The summed E-state index contributed by atoms with van der Waals surface area (Å²) in [6.07, 6.45) is 1.89. The van der Waals surface area contributed by atoms with Crippen molar-refractivity contribution >= 4 is 23.6 Å². The number of fused-ring (bicyclic) bond motifs is 1. The van der Waals surface area contributed by atoms with E-state index in [0.717, 1.165) is 10.2 Å². The normalized spacial score (nSPS) is 16.7. The summed E-state index contributed by atoms with van der Waals surface area (Å²) in [5.41, 5.74) is 0.540. The summed E-state index contributed by atoms with van der Waals surface area (Å²) in [5, 5.41) is 18.6. The van der Waals surface area contributed by atoms with Crippen LogP contribution in [-0.4, -0.2) is 37.7 Å². The molecular weight excluding hydrogens is 323 g/mol. The number of nitrogens with zero attached hydrogens (tertiary/aromatic N) is 3. The van der Waals surface area contributed by atoms with E-state index in [2.05, 4.69) is 15.6 Å². The van der Waals surface area contributed by atoms with Gasteiger partial charge in [0.15, 0.2) is 5.69 Å². The van der Waals surface area contributed by atoms with E-state index in [1.54, 1.807) is 12.1 Å². The second-order valence-electron chi connectivity index (χ2n) is 5.02. The van der Waals surface area contributed by atoms with Crippen LogP contribution >= 0.6 is 11.8 Å². The second-order valence-corrected chi connectivity index (χ2v) is 6.13. The zero-order valence-electron chi connectivity index (χ0n) is 11.9. The van der Waals surface area contributed by atoms with E-state index in [1.165, 1.54) is 24.0 Å². The first-order valence-corrected chi connectivity index (χ1v) is 7.87. The second kappa shape index (κ2) is 6.37. The van der Waals surface area contributed by atoms with E-state index < -0.39 is 5.97 Å². The van der Waals surface area contributed by atoms with Gasteiger partial charge in [-0.05, 0) is 18.1 Å². The van der Waals surface area contributed by atoms with Crippen molar-refractivity contribution < 1.29 is 19.1 Å². The predicted molar refractivity (Wildman–Crippen MR) is 79.6 cm³/mol. The number of carboxylic acid groups (broad SMARTS) is 1. The molecule has 9 heteroatoms. The summed E-state index contributed by atoms with van der Waals surface area (Å²) in [5.74, 6) is -1.11. The minimum Gasteiger partial charge on any atom is -0.476 e. The predicted octanol–water partition coefficient (Wildman–Crippen LogP) is 1.47. The maximum absolute atomic E-state index is 13.8. The number of hydrogen-bond acceptors (Lipinski definition) is 5. The monoisotopic (exact) mass is 336 g/mol. The number of aromatic carboxylic acids is 1. The maximum atomic E-state index is 13.8. The first kappa shape index (κ1) is 15.5. The van der Waals surface area contributed by atoms with Gasteiger partial charge in [0.2, 0.25) is 5.91 Å². The van der Waals surface area contributed by atoms with Crippen molar-refractivity contribution in [3.63, 3.8) is 0 Å². The lowest BCUT2D eigenvalue weighted by Crippen LogP contribution is -2.33. The van der Waals surface area contributed by atoms with Crippen LogP contribution in [-0.2, 0) is 11.3 Å². The molecule has 1 aliphatic heterocycles. The van der Waals surface area contributed by atoms with Crippen LogP contribution in [0.1, 0.15) is 28.5 Å². The lowest BCUT2D eigenvalue weighted by atomic mass is 10.0. The van der Waals surface area contributed by atoms with E-state index in [0.29, 0.717) is 17.1 Å². The molecule has 1 aromatic carbocycles. The molecule has 2 aromatic rings. The maximum Gasteiger partial charge on any atom is 0.358 e. The van der Waals surface area contributed by atoms with Crippen molar-refractivity contribution in [2.24, 2.45) is 0 Å². The van der Waals surface area contributed by atoms with Crippen LogP contribution in [0.15, 0.2) is 29.3 Å². The Labute approximate surface area is 134 Å². The van der Waals surface area contributed by atoms with Gasteiger partial charge in [0, 0.05) is 10.6 Å². The molecular formula is C14H13FN4O3S. The van der Waals surface area contributed by atoms with Gasteiger partial charge >= 0.3 is 5.97 Å². The Morgan fingerprint density at radius 1 is 1.48 bits per heavy atom. The average molecular weight is 336 g/mol. The summed E-state index contributed by atoms with van der Waals surface area (Å²) in [6.45, 7) is -0.144. The Balaban J connectivity index is 1.69. The minimum atomic E-state index is -1.20. The smallest absolute Gasteiger partial charge is 0.358 e. The largest absolute Gasteiger partial charge is 0.476 e. The molecule has 0 spiro atoms. The summed E-state index contributed by atoms with van der Waals surface area (Å²) in [4.78, 5) is 23.4. The molecule has 0 fully saturated rings. The number of benzene rings is 1. The highest BCUT2D eigenvalue weighted by molar-refractivity contribution is 7.99. The number of carbonyl (C=O) groups is 2. The number of hydrogen-bond donors (Lipinski definition) is 2. The van der Waals surface area contributed by atoms with Crippen molar-refractivity contribution in [1.82, 2.24) is 20.3 Å². The van der Waals surface area contributed by atoms with Gasteiger partial charge in [-0.3, -0.25) is 4.79 Å². The summed E-state index contributed by atoms with van der Waals surface area (Å²) < 4.78 is 15.0. The third kappa shape index (κ3) is 3.34. The number of thioether (sulfide) groups is 1. The molecule has 1 amide bonds. The van der Waals surface area contributed by atoms with Crippen LogP contribution in [0.4, 0.5) is 4.39 Å². The fourth-order valence-electron chi connectivity index (χ4n) is 2.40. The van der Waals surface area contributed by atoms with Crippen LogP contribution in [0.5, 0.6) is 0 Å². The minimum absolute atomic E-state index is 0.144. The number of amides is 1. The van der Waals surface area contributed by atoms with E-state index in [4.69, 9.17) is 5.11 Å². The fourth-order valence-corrected chi connectivity index (χ4v) is 3.54. The molecule has 23 heavy (non-hydrogen) atoms. The number of aromatic nitrogens is 3. The van der Waals surface area contributed by atoms with Gasteiger partial charge in [-0.25, -0.2) is 13.9 Å². The SMILES string of the molecule is O=C(Cn1cc(C(=O)O)nn1)NC1CCSc2c(F)cccc21. The van der Waals surface area contributed by atoms with Crippen LogP contribution < -0.4 is 5.32 Å². The summed E-state index contributed by atoms with van der Waals surface area (Å²) >= 11 is 1.44. The van der Waals surface area contributed by atoms with Gasteiger partial charge in [-0.1, -0.05) is 17.3 Å². The van der Waals surface area contributed by atoms with Crippen molar-refractivity contribution in [1.29, 1.82) is 0 Å². The first-order chi connectivity index (χ1) is 11.0. The van der Waals surface area contributed by atoms with Crippen molar-refractivity contribution in [2.75, 3.05) is 5.75 Å². The molecule has 0 bridgehead atoms. The van der Waals surface area contributed by atoms with Crippen molar-refractivity contribution in [3.8, 4) is 0 Å². The Hall–Kier alpha value is -2.42. The number of carbonyl (C=O) groups excluding carboxylic acids is 1. The highest BCUT2D eigenvalue weighted by Gasteiger charge is 2.24. The number of nitrogens with one attached hydrogen (secondary N) is 1. The first-order valence-electron chi connectivity index (χ1n) is 6.88. The zero-order chi connectivity index (χ0) is 16.4. The van der Waals surface area contributed by atoms with Crippen molar-refractivity contribution in [3.05, 3.63) is 41.5 Å². The van der Waals surface area contributed by atoms with Crippen LogP contribution in [0.2, 0.25) is 0 Å². The average Bonchev–Trinajstić information content (AvgIpc) is 2.97. The van der Waals surface area contributed by atoms with E-state index >= 15 is 0 Å². The van der Waals surface area contributed by atoms with E-state index in [9.17, 15) is 14.0 Å². The van der Waals surface area contributed by atoms with Crippen LogP contribution in [0.25, 0.3) is 0 Å². The molecule has 0 aliphatic carbocycles. The Morgan fingerprint density at radius 2 is 2.30 bits per heavy atom. The Kier molecular flexibility index (Phi) is 4.28. The number of rotatable bonds is 4. The summed E-state index contributed by atoms with van der Waals surface area (Å²) in [7, 11) is 0. The fraction of sp³-hybridized carbons (Fsp3) is 0.286. The molecule has 0 saturated carbocycles. The van der Waals surface area contributed by atoms with Crippen molar-refractivity contribution in [2.45, 2.75) is 23.9 Å². The van der Waals surface area contributed by atoms with Crippen LogP contribution in [0.3, 0.4) is 0 Å². The van der Waals surface area contributed by atoms with Gasteiger partial charge in [0.25, 0.3) is 0 Å². The lowest BCUT2D eigenvalue weighted by Gasteiger charge is -2.26. The van der Waals surface area contributed by atoms with Gasteiger partial charge in [-0.15, -0.1) is 16.9 Å². The van der Waals surface area contributed by atoms with Gasteiger partial charge < -0.3 is 10.4 Å². The molecule has 7 nitrogen and oxygen atoms in total. The molecule has 1 unspecified atom stereocenters. The summed E-state index contributed by atoms with van der Waals surface area (Å²) in [6, 6.07) is 4.55. The van der Waals surface area contributed by atoms with E-state index in [-0.39, 0.29) is 30.0 Å². The highest BCUT2D eigenvalue weighted by Crippen LogP contribution is 2.37.